The zero-order chi connectivity index (χ0) is 12.4. The van der Waals surface area contributed by atoms with Gasteiger partial charge in [0.2, 0.25) is 0 Å². The summed E-state index contributed by atoms with van der Waals surface area (Å²) in [5.41, 5.74) is 5.28. The number of hydrogen-bond donors (Lipinski definition) is 1. The fourth-order valence-electron chi connectivity index (χ4n) is 1.42. The Morgan fingerprint density at radius 2 is 1.76 bits per heavy atom. The van der Waals surface area contributed by atoms with Crippen molar-refractivity contribution >= 4 is 0 Å². The van der Waals surface area contributed by atoms with Crippen LogP contribution in [0.5, 0.6) is 0 Å². The van der Waals surface area contributed by atoms with Crippen LogP contribution in [0.3, 0.4) is 0 Å². The summed E-state index contributed by atoms with van der Waals surface area (Å²) in [5, 5.41) is 3.58. The third-order valence-electron chi connectivity index (χ3n) is 2.24. The first kappa shape index (κ1) is 11.7. The van der Waals surface area contributed by atoms with Crippen LogP contribution in [0.25, 0.3) is 11.3 Å². The maximum atomic E-state index is 13.4. The fourth-order valence-corrected chi connectivity index (χ4v) is 1.42. The molecule has 1 heterocycles. The van der Waals surface area contributed by atoms with E-state index in [4.69, 9.17) is 10.3 Å². The van der Waals surface area contributed by atoms with Crippen LogP contribution in [0.4, 0.5) is 13.2 Å². The molecule has 2 rings (SSSR count). The molecule has 3 nitrogen and oxygen atoms in total. The number of rotatable bonds is 3. The molecule has 0 saturated carbocycles. The van der Waals surface area contributed by atoms with Crippen LogP contribution in [0.15, 0.2) is 22.7 Å². The quantitative estimate of drug-likeness (QED) is 0.840. The zero-order valence-corrected chi connectivity index (χ0v) is 8.71. The van der Waals surface area contributed by atoms with Crippen LogP contribution in [0.2, 0.25) is 0 Å². The Morgan fingerprint density at radius 3 is 2.47 bits per heavy atom. The predicted octanol–water partition coefficient (Wildman–Crippen LogP) is 2.26. The molecule has 1 aromatic carbocycles. The van der Waals surface area contributed by atoms with E-state index in [0.29, 0.717) is 24.8 Å². The summed E-state index contributed by atoms with van der Waals surface area (Å²) in [6, 6.07) is 2.67. The summed E-state index contributed by atoms with van der Waals surface area (Å²) in [6.45, 7) is 0.356. The summed E-state index contributed by atoms with van der Waals surface area (Å²) in [5.74, 6) is -2.80. The lowest BCUT2D eigenvalue weighted by Crippen LogP contribution is -2.01. The van der Waals surface area contributed by atoms with Gasteiger partial charge in [0.05, 0.1) is 0 Å². The molecule has 0 bridgehead atoms. The molecule has 0 saturated heterocycles. The molecule has 90 valence electrons. The Kier molecular flexibility index (Phi) is 3.14. The highest BCUT2D eigenvalue weighted by Gasteiger charge is 2.14. The Morgan fingerprint density at radius 1 is 1.06 bits per heavy atom. The minimum Gasteiger partial charge on any atom is -0.361 e. The van der Waals surface area contributed by atoms with E-state index in [1.807, 2.05) is 0 Å². The highest BCUT2D eigenvalue weighted by Crippen LogP contribution is 2.24. The molecule has 0 amide bonds. The monoisotopic (exact) mass is 242 g/mol. The lowest BCUT2D eigenvalue weighted by Gasteiger charge is -1.99. The Bertz CT molecular complexity index is 540. The van der Waals surface area contributed by atoms with Crippen molar-refractivity contribution in [3.05, 3.63) is 41.4 Å². The largest absolute Gasteiger partial charge is 0.361 e. The third kappa shape index (κ3) is 2.31. The number of nitrogens with zero attached hydrogens (tertiary/aromatic N) is 1. The van der Waals surface area contributed by atoms with Crippen LogP contribution in [0, 0.1) is 17.5 Å². The van der Waals surface area contributed by atoms with Crippen molar-refractivity contribution in [2.75, 3.05) is 6.54 Å². The molecule has 0 aliphatic carbocycles. The third-order valence-corrected chi connectivity index (χ3v) is 2.24. The average molecular weight is 242 g/mol. The molecule has 0 fully saturated rings. The molecule has 2 aromatic rings. The van der Waals surface area contributed by atoms with Crippen molar-refractivity contribution in [1.29, 1.82) is 0 Å². The van der Waals surface area contributed by atoms with E-state index in [2.05, 4.69) is 5.16 Å². The summed E-state index contributed by atoms with van der Waals surface area (Å²) >= 11 is 0. The maximum absolute atomic E-state index is 13.4. The molecule has 1 aromatic heterocycles. The Hall–Kier alpha value is -1.82. The van der Waals surface area contributed by atoms with Gasteiger partial charge in [-0.1, -0.05) is 5.16 Å². The van der Waals surface area contributed by atoms with Crippen molar-refractivity contribution in [2.24, 2.45) is 5.73 Å². The lowest BCUT2D eigenvalue weighted by atomic mass is 10.1. The van der Waals surface area contributed by atoms with Gasteiger partial charge in [-0.2, -0.15) is 0 Å². The van der Waals surface area contributed by atoms with Gasteiger partial charge in [0.15, 0.2) is 11.6 Å². The molecule has 0 aliphatic heterocycles. The predicted molar refractivity (Wildman–Crippen MR) is 54.6 cm³/mol. The topological polar surface area (TPSA) is 52.0 Å². The number of nitrogens with two attached hydrogens (primary N) is 1. The fraction of sp³-hybridized carbons (Fsp3) is 0.182. The normalized spacial score (nSPS) is 10.8. The van der Waals surface area contributed by atoms with Crippen LogP contribution >= 0.6 is 0 Å². The highest BCUT2D eigenvalue weighted by atomic mass is 19.2. The van der Waals surface area contributed by atoms with Crippen LogP contribution in [-0.2, 0) is 6.42 Å². The second-order valence-corrected chi connectivity index (χ2v) is 3.46. The van der Waals surface area contributed by atoms with Gasteiger partial charge in [-0.3, -0.25) is 0 Å². The second kappa shape index (κ2) is 4.58. The van der Waals surface area contributed by atoms with Crippen molar-refractivity contribution < 1.29 is 17.7 Å². The first-order chi connectivity index (χ1) is 8.11. The van der Waals surface area contributed by atoms with E-state index in [1.165, 1.54) is 6.07 Å². The van der Waals surface area contributed by atoms with E-state index in [-0.39, 0.29) is 11.3 Å². The number of benzene rings is 1. The van der Waals surface area contributed by atoms with E-state index in [9.17, 15) is 13.2 Å². The number of aromatic nitrogens is 1. The molecule has 0 atom stereocenters. The van der Waals surface area contributed by atoms with E-state index in [0.717, 1.165) is 6.07 Å². The molecule has 2 N–H and O–H groups in total. The van der Waals surface area contributed by atoms with Crippen molar-refractivity contribution in [1.82, 2.24) is 5.16 Å². The van der Waals surface area contributed by atoms with E-state index >= 15 is 0 Å². The lowest BCUT2D eigenvalue weighted by molar-refractivity contribution is 0.386. The minimum absolute atomic E-state index is 0.116. The first-order valence-corrected chi connectivity index (χ1v) is 4.92. The second-order valence-electron chi connectivity index (χ2n) is 3.46. The summed E-state index contributed by atoms with van der Waals surface area (Å²) < 4.78 is 44.0. The molecule has 0 aliphatic rings. The summed E-state index contributed by atoms with van der Waals surface area (Å²) in [4.78, 5) is 0. The van der Waals surface area contributed by atoms with Crippen LogP contribution in [-0.4, -0.2) is 11.7 Å². The van der Waals surface area contributed by atoms with Gasteiger partial charge >= 0.3 is 0 Å². The molecular formula is C11H9F3N2O. The van der Waals surface area contributed by atoms with Crippen LogP contribution in [0.1, 0.15) is 5.76 Å². The van der Waals surface area contributed by atoms with Gasteiger partial charge in [0.1, 0.15) is 17.3 Å². The van der Waals surface area contributed by atoms with Gasteiger partial charge < -0.3 is 10.3 Å². The van der Waals surface area contributed by atoms with Gasteiger partial charge in [-0.15, -0.1) is 0 Å². The molecule has 17 heavy (non-hydrogen) atoms. The summed E-state index contributed by atoms with van der Waals surface area (Å²) in [6.07, 6.45) is 0.443. The molecule has 0 spiro atoms. The van der Waals surface area contributed by atoms with Gasteiger partial charge in [0.25, 0.3) is 0 Å². The standard InChI is InChI=1S/C11H9F3N2O/c12-8-5-10(14)9(13)4-7(8)11-3-6(1-2-15)17-16-11/h3-5H,1-2,15H2. The van der Waals surface area contributed by atoms with Crippen molar-refractivity contribution in [2.45, 2.75) is 6.42 Å². The highest BCUT2D eigenvalue weighted by molar-refractivity contribution is 5.59. The SMILES string of the molecule is NCCc1cc(-c2cc(F)c(F)cc2F)no1. The average Bonchev–Trinajstić information content (AvgIpc) is 2.72. The molecule has 0 radical (unpaired) electrons. The van der Waals surface area contributed by atoms with E-state index < -0.39 is 17.5 Å². The van der Waals surface area contributed by atoms with Crippen LogP contribution < -0.4 is 5.73 Å². The molecule has 0 unspecified atom stereocenters. The Labute approximate surface area is 95.0 Å². The van der Waals surface area contributed by atoms with Gasteiger partial charge in [-0.05, 0) is 12.6 Å². The first-order valence-electron chi connectivity index (χ1n) is 4.92. The molecular weight excluding hydrogens is 233 g/mol. The van der Waals surface area contributed by atoms with Gasteiger partial charge in [0, 0.05) is 24.1 Å². The Balaban J connectivity index is 2.41. The van der Waals surface area contributed by atoms with E-state index in [1.54, 1.807) is 0 Å². The van der Waals surface area contributed by atoms with Crippen molar-refractivity contribution in [3.63, 3.8) is 0 Å². The smallest absolute Gasteiger partial charge is 0.161 e. The van der Waals surface area contributed by atoms with Crippen molar-refractivity contribution in [3.8, 4) is 11.3 Å². The number of hydrogen-bond acceptors (Lipinski definition) is 3. The minimum atomic E-state index is -1.24. The zero-order valence-electron chi connectivity index (χ0n) is 8.71. The van der Waals surface area contributed by atoms with Gasteiger partial charge in [-0.25, -0.2) is 13.2 Å². The number of halogens is 3. The maximum Gasteiger partial charge on any atom is 0.161 e. The molecule has 6 heteroatoms. The summed E-state index contributed by atoms with van der Waals surface area (Å²) in [7, 11) is 0.